The van der Waals surface area contributed by atoms with Crippen LogP contribution in [-0.4, -0.2) is 60.0 Å². The molecule has 1 saturated heterocycles. The first-order valence-electron chi connectivity index (χ1n) is 12.9. The molecule has 0 spiro atoms. The third kappa shape index (κ3) is 8.72. The second-order valence-electron chi connectivity index (χ2n) is 9.43. The van der Waals surface area contributed by atoms with Crippen LogP contribution < -0.4 is 9.47 Å². The Hall–Kier alpha value is -3.57. The smallest absolute Gasteiger partial charge is 0.341 e. The Morgan fingerprint density at radius 2 is 1.69 bits per heavy atom. The first-order valence-corrected chi connectivity index (χ1v) is 13.7. The van der Waals surface area contributed by atoms with Crippen LogP contribution in [-0.2, 0) is 4.79 Å². The molecule has 0 unspecified atom stereocenters. The molecule has 0 radical (unpaired) electrons. The molecule has 202 valence electrons. The standard InChI is InChI=1S/C32H32BrNO5/c1-23-21-29(12-13-31(23)39-22-32(36)37)38-20-16-30(26-8-10-27(33)11-9-26)25-6-4-24(5-7-25)3-2-17-34-18-14-28(35)15-19-34/h4-13,16,21,28,35H,14-15,17-20,22H2,1H3,(H,36,37)/b30-16+. The van der Waals surface area contributed by atoms with Gasteiger partial charge in [0, 0.05) is 23.1 Å². The van der Waals surface area contributed by atoms with Crippen LogP contribution >= 0.6 is 15.9 Å². The van der Waals surface area contributed by atoms with Gasteiger partial charge < -0.3 is 19.7 Å². The molecule has 39 heavy (non-hydrogen) atoms. The largest absolute Gasteiger partial charge is 0.489 e. The van der Waals surface area contributed by atoms with Gasteiger partial charge in [-0.2, -0.15) is 0 Å². The lowest BCUT2D eigenvalue weighted by atomic mass is 9.97. The van der Waals surface area contributed by atoms with Crippen molar-refractivity contribution in [2.24, 2.45) is 0 Å². The molecule has 0 amide bonds. The van der Waals surface area contributed by atoms with Crippen molar-refractivity contribution in [1.29, 1.82) is 0 Å². The maximum atomic E-state index is 10.8. The predicted molar refractivity (Wildman–Crippen MR) is 156 cm³/mol. The van der Waals surface area contributed by atoms with E-state index in [4.69, 9.17) is 14.6 Å². The van der Waals surface area contributed by atoms with Gasteiger partial charge >= 0.3 is 5.97 Å². The minimum absolute atomic E-state index is 0.171. The molecule has 0 aromatic heterocycles. The van der Waals surface area contributed by atoms with E-state index in [-0.39, 0.29) is 12.7 Å². The summed E-state index contributed by atoms with van der Waals surface area (Å²) in [7, 11) is 0. The monoisotopic (exact) mass is 589 g/mol. The Labute approximate surface area is 238 Å². The van der Waals surface area contributed by atoms with Crippen molar-refractivity contribution in [3.05, 3.63) is 99.5 Å². The molecule has 2 N–H and O–H groups in total. The number of rotatable bonds is 9. The summed E-state index contributed by atoms with van der Waals surface area (Å²) >= 11 is 3.51. The molecule has 1 aliphatic heterocycles. The van der Waals surface area contributed by atoms with E-state index in [9.17, 15) is 9.90 Å². The van der Waals surface area contributed by atoms with Crippen LogP contribution in [0.15, 0.2) is 77.3 Å². The number of aryl methyl sites for hydroxylation is 1. The number of likely N-dealkylation sites (tertiary alicyclic amines) is 1. The highest BCUT2D eigenvalue weighted by atomic mass is 79.9. The molecular weight excluding hydrogens is 558 g/mol. The fraction of sp³-hybridized carbons (Fsp3) is 0.281. The van der Waals surface area contributed by atoms with Crippen molar-refractivity contribution in [1.82, 2.24) is 4.90 Å². The highest BCUT2D eigenvalue weighted by molar-refractivity contribution is 9.10. The molecular formula is C32H32BrNO5. The number of aliphatic hydroxyl groups excluding tert-OH is 1. The second-order valence-corrected chi connectivity index (χ2v) is 10.3. The van der Waals surface area contributed by atoms with Crippen molar-refractivity contribution >= 4 is 27.5 Å². The molecule has 1 fully saturated rings. The van der Waals surface area contributed by atoms with Gasteiger partial charge in [0.15, 0.2) is 6.61 Å². The molecule has 4 rings (SSSR count). The number of ether oxygens (including phenoxy) is 2. The lowest BCUT2D eigenvalue weighted by Gasteiger charge is -2.27. The van der Waals surface area contributed by atoms with Gasteiger partial charge in [0.05, 0.1) is 12.6 Å². The third-order valence-corrected chi connectivity index (χ3v) is 7.01. The number of aliphatic hydroxyl groups is 1. The van der Waals surface area contributed by atoms with Crippen LogP contribution in [0.3, 0.4) is 0 Å². The van der Waals surface area contributed by atoms with Gasteiger partial charge in [-0.1, -0.05) is 52.0 Å². The Bertz CT molecular complexity index is 1350. The zero-order chi connectivity index (χ0) is 27.6. The average molecular weight is 591 g/mol. The number of carbonyl (C=O) groups is 1. The molecule has 0 bridgehead atoms. The van der Waals surface area contributed by atoms with Gasteiger partial charge in [0.25, 0.3) is 0 Å². The van der Waals surface area contributed by atoms with Crippen LogP contribution in [0.5, 0.6) is 11.5 Å². The molecule has 6 nitrogen and oxygen atoms in total. The zero-order valence-electron chi connectivity index (χ0n) is 21.9. The van der Waals surface area contributed by atoms with Gasteiger partial charge in [-0.25, -0.2) is 4.79 Å². The fourth-order valence-corrected chi connectivity index (χ4v) is 4.59. The summed E-state index contributed by atoms with van der Waals surface area (Å²) in [6.07, 6.45) is 3.52. The van der Waals surface area contributed by atoms with Crippen LogP contribution in [0.1, 0.15) is 35.1 Å². The number of benzene rings is 3. The van der Waals surface area contributed by atoms with Gasteiger partial charge in [0.1, 0.15) is 18.1 Å². The second kappa shape index (κ2) is 14.0. The lowest BCUT2D eigenvalue weighted by molar-refractivity contribution is -0.139. The molecule has 3 aromatic carbocycles. The van der Waals surface area contributed by atoms with E-state index in [0.29, 0.717) is 24.7 Å². The third-order valence-electron chi connectivity index (χ3n) is 6.48. The van der Waals surface area contributed by atoms with Gasteiger partial charge in [-0.05, 0) is 90.6 Å². The quantitative estimate of drug-likeness (QED) is 0.319. The van der Waals surface area contributed by atoms with E-state index in [1.54, 1.807) is 12.1 Å². The first-order chi connectivity index (χ1) is 18.9. The molecule has 1 aliphatic rings. The number of nitrogens with zero attached hydrogens (tertiary/aromatic N) is 1. The van der Waals surface area contributed by atoms with Crippen molar-refractivity contribution < 1.29 is 24.5 Å². The van der Waals surface area contributed by atoms with E-state index >= 15 is 0 Å². The number of aliphatic carboxylic acids is 1. The van der Waals surface area contributed by atoms with Gasteiger partial charge in [-0.15, -0.1) is 0 Å². The number of carboxylic acids is 1. The summed E-state index contributed by atoms with van der Waals surface area (Å²) in [5.41, 5.74) is 4.95. The van der Waals surface area contributed by atoms with Crippen LogP contribution in [0.25, 0.3) is 5.57 Å². The van der Waals surface area contributed by atoms with E-state index < -0.39 is 5.97 Å². The number of piperidine rings is 1. The molecule has 7 heteroatoms. The maximum Gasteiger partial charge on any atom is 0.341 e. The predicted octanol–water partition coefficient (Wildman–Crippen LogP) is 5.54. The number of hydrogen-bond acceptors (Lipinski definition) is 5. The summed E-state index contributed by atoms with van der Waals surface area (Å²) in [4.78, 5) is 13.0. The highest BCUT2D eigenvalue weighted by Gasteiger charge is 2.15. The fourth-order valence-electron chi connectivity index (χ4n) is 4.33. The van der Waals surface area contributed by atoms with Crippen LogP contribution in [0.4, 0.5) is 0 Å². The van der Waals surface area contributed by atoms with Crippen molar-refractivity contribution in [3.8, 4) is 23.3 Å². The van der Waals surface area contributed by atoms with Crippen LogP contribution in [0.2, 0.25) is 0 Å². The highest BCUT2D eigenvalue weighted by Crippen LogP contribution is 2.27. The first kappa shape index (κ1) is 28.4. The van der Waals surface area contributed by atoms with E-state index in [1.165, 1.54) is 0 Å². The molecule has 0 aliphatic carbocycles. The van der Waals surface area contributed by atoms with Gasteiger partial charge in [0.2, 0.25) is 0 Å². The average Bonchev–Trinajstić information content (AvgIpc) is 2.93. The zero-order valence-corrected chi connectivity index (χ0v) is 23.5. The van der Waals surface area contributed by atoms with E-state index in [0.717, 1.165) is 58.2 Å². The molecule has 0 saturated carbocycles. The van der Waals surface area contributed by atoms with E-state index in [1.807, 2.05) is 37.3 Å². The van der Waals surface area contributed by atoms with E-state index in [2.05, 4.69) is 63.0 Å². The minimum atomic E-state index is -1.01. The van der Waals surface area contributed by atoms with Gasteiger partial charge in [-0.3, -0.25) is 4.90 Å². The van der Waals surface area contributed by atoms with Crippen LogP contribution in [0, 0.1) is 18.8 Å². The Kier molecular flexibility index (Phi) is 10.2. The normalized spacial score (nSPS) is 14.4. The number of hydrogen-bond donors (Lipinski definition) is 2. The lowest BCUT2D eigenvalue weighted by Crippen LogP contribution is -2.35. The van der Waals surface area contributed by atoms with Crippen molar-refractivity contribution in [3.63, 3.8) is 0 Å². The summed E-state index contributed by atoms with van der Waals surface area (Å²) in [6, 6.07) is 21.7. The summed E-state index contributed by atoms with van der Waals surface area (Å²) in [6.45, 7) is 4.32. The number of carboxylic acid groups (broad SMARTS) is 1. The maximum absolute atomic E-state index is 10.8. The molecule has 3 aromatic rings. The Morgan fingerprint density at radius 1 is 1.03 bits per heavy atom. The summed E-state index contributed by atoms with van der Waals surface area (Å²) in [5, 5.41) is 18.5. The Morgan fingerprint density at radius 3 is 2.33 bits per heavy atom. The Balaban J connectivity index is 1.45. The van der Waals surface area contributed by atoms with Crippen molar-refractivity contribution in [2.45, 2.75) is 25.9 Å². The molecule has 0 atom stereocenters. The topological polar surface area (TPSA) is 79.2 Å². The minimum Gasteiger partial charge on any atom is -0.489 e. The summed E-state index contributed by atoms with van der Waals surface area (Å²) in [5.74, 6) is 6.71. The SMILES string of the molecule is Cc1cc(OC/C=C(/c2ccc(Br)cc2)c2ccc(C#CCN3CCC(O)CC3)cc2)ccc1OCC(=O)O. The molecule has 1 heterocycles. The summed E-state index contributed by atoms with van der Waals surface area (Å²) < 4.78 is 12.3. The number of halogens is 1. The van der Waals surface area contributed by atoms with Crippen molar-refractivity contribution in [2.75, 3.05) is 32.8 Å².